The molecule has 2 aromatic heterocycles. The van der Waals surface area contributed by atoms with Gasteiger partial charge >= 0.3 is 0 Å². The van der Waals surface area contributed by atoms with Crippen molar-refractivity contribution in [2.75, 3.05) is 12.4 Å². The number of halogens is 1. The number of nitrogens with zero attached hydrogens (tertiary/aromatic N) is 2. The van der Waals surface area contributed by atoms with E-state index in [9.17, 15) is 0 Å². The maximum atomic E-state index is 4.66. The number of anilines is 1. The van der Waals surface area contributed by atoms with Crippen LogP contribution in [-0.4, -0.2) is 17.0 Å². The Hall–Kier alpha value is -0.690. The second-order valence-corrected chi connectivity index (χ2v) is 5.53. The molecule has 0 fully saturated rings. The minimum absolute atomic E-state index is 0.819. The number of aromatic nitrogens is 2. The molecule has 0 saturated carbocycles. The molecular formula is C12H14IN3S. The van der Waals surface area contributed by atoms with E-state index in [-0.39, 0.29) is 0 Å². The van der Waals surface area contributed by atoms with Crippen molar-refractivity contribution in [1.82, 2.24) is 9.97 Å². The van der Waals surface area contributed by atoms with Gasteiger partial charge in [0.05, 0.1) is 9.26 Å². The van der Waals surface area contributed by atoms with Crippen LogP contribution in [0.4, 0.5) is 5.82 Å². The molecule has 1 N–H and O–H groups in total. The first-order valence-corrected chi connectivity index (χ1v) is 7.55. The molecule has 3 nitrogen and oxygen atoms in total. The van der Waals surface area contributed by atoms with Gasteiger partial charge in [0.2, 0.25) is 0 Å². The summed E-state index contributed by atoms with van der Waals surface area (Å²) in [6.45, 7) is 2.17. The summed E-state index contributed by atoms with van der Waals surface area (Å²) in [5.74, 6) is 1.74. The van der Waals surface area contributed by atoms with Crippen molar-refractivity contribution in [3.8, 4) is 11.4 Å². The van der Waals surface area contributed by atoms with E-state index in [0.717, 1.165) is 39.3 Å². The zero-order valence-electron chi connectivity index (χ0n) is 9.83. The van der Waals surface area contributed by atoms with Crippen LogP contribution in [0, 0.1) is 3.57 Å². The smallest absolute Gasteiger partial charge is 0.162 e. The predicted molar refractivity (Wildman–Crippen MR) is 81.6 cm³/mol. The van der Waals surface area contributed by atoms with Crippen molar-refractivity contribution >= 4 is 39.7 Å². The Morgan fingerprint density at radius 3 is 2.82 bits per heavy atom. The average molecular weight is 359 g/mol. The lowest BCUT2D eigenvalue weighted by molar-refractivity contribution is 0.868. The molecule has 0 spiro atoms. The van der Waals surface area contributed by atoms with Gasteiger partial charge < -0.3 is 5.32 Å². The number of aryl methyl sites for hydroxylation is 1. The molecular weight excluding hydrogens is 345 g/mol. The van der Waals surface area contributed by atoms with Gasteiger partial charge in [0.1, 0.15) is 5.82 Å². The number of rotatable bonds is 4. The van der Waals surface area contributed by atoms with Crippen LogP contribution in [0.1, 0.15) is 19.0 Å². The third-order valence-electron chi connectivity index (χ3n) is 2.42. The molecule has 0 radical (unpaired) electrons. The second kappa shape index (κ2) is 5.77. The third kappa shape index (κ3) is 2.77. The molecule has 2 aromatic rings. The number of hydrogen-bond donors (Lipinski definition) is 1. The van der Waals surface area contributed by atoms with E-state index in [1.165, 1.54) is 0 Å². The first kappa shape index (κ1) is 12.8. The summed E-state index contributed by atoms with van der Waals surface area (Å²) in [4.78, 5) is 9.21. The van der Waals surface area contributed by atoms with E-state index in [4.69, 9.17) is 0 Å². The van der Waals surface area contributed by atoms with Crippen LogP contribution in [0.3, 0.4) is 0 Å². The van der Waals surface area contributed by atoms with Gasteiger partial charge in [-0.25, -0.2) is 9.97 Å². The van der Waals surface area contributed by atoms with E-state index in [1.807, 2.05) is 7.05 Å². The lowest BCUT2D eigenvalue weighted by Gasteiger charge is -2.09. The first-order chi connectivity index (χ1) is 8.26. The number of nitrogens with one attached hydrogen (secondary N) is 1. The second-order valence-electron chi connectivity index (χ2n) is 3.67. The van der Waals surface area contributed by atoms with Crippen LogP contribution in [0.15, 0.2) is 16.8 Å². The molecule has 0 saturated heterocycles. The summed E-state index contributed by atoms with van der Waals surface area (Å²) in [7, 11) is 1.90. The molecule has 90 valence electrons. The fourth-order valence-electron chi connectivity index (χ4n) is 1.58. The minimum atomic E-state index is 0.819. The maximum Gasteiger partial charge on any atom is 0.162 e. The third-order valence-corrected chi connectivity index (χ3v) is 4.24. The average Bonchev–Trinajstić information content (AvgIpc) is 2.85. The maximum absolute atomic E-state index is 4.66. The summed E-state index contributed by atoms with van der Waals surface area (Å²) in [6, 6.07) is 2.06. The summed E-state index contributed by atoms with van der Waals surface area (Å²) < 4.78 is 1.13. The molecule has 0 atom stereocenters. The summed E-state index contributed by atoms with van der Waals surface area (Å²) in [5.41, 5.74) is 2.23. The van der Waals surface area contributed by atoms with Gasteiger partial charge in [-0.15, -0.1) is 0 Å². The highest BCUT2D eigenvalue weighted by atomic mass is 127. The van der Waals surface area contributed by atoms with E-state index in [2.05, 4.69) is 61.6 Å². The van der Waals surface area contributed by atoms with Gasteiger partial charge in [0.25, 0.3) is 0 Å². The summed E-state index contributed by atoms with van der Waals surface area (Å²) in [5, 5.41) is 7.27. The van der Waals surface area contributed by atoms with Crippen LogP contribution in [0.2, 0.25) is 0 Å². The molecule has 17 heavy (non-hydrogen) atoms. The zero-order valence-corrected chi connectivity index (χ0v) is 12.8. The van der Waals surface area contributed by atoms with Gasteiger partial charge in [-0.05, 0) is 40.5 Å². The van der Waals surface area contributed by atoms with Crippen molar-refractivity contribution in [2.24, 2.45) is 0 Å². The highest BCUT2D eigenvalue weighted by Gasteiger charge is 2.12. The van der Waals surface area contributed by atoms with Crippen molar-refractivity contribution in [1.29, 1.82) is 0 Å². The fourth-order valence-corrected chi connectivity index (χ4v) is 3.00. The zero-order chi connectivity index (χ0) is 12.3. The normalized spacial score (nSPS) is 10.5. The van der Waals surface area contributed by atoms with E-state index < -0.39 is 0 Å². The van der Waals surface area contributed by atoms with E-state index in [0.29, 0.717) is 0 Å². The summed E-state index contributed by atoms with van der Waals surface area (Å²) >= 11 is 3.98. The van der Waals surface area contributed by atoms with Crippen LogP contribution in [0.5, 0.6) is 0 Å². The molecule has 0 aliphatic rings. The quantitative estimate of drug-likeness (QED) is 0.844. The van der Waals surface area contributed by atoms with Gasteiger partial charge in [-0.1, -0.05) is 13.3 Å². The summed E-state index contributed by atoms with van der Waals surface area (Å²) in [6.07, 6.45) is 2.09. The fraction of sp³-hybridized carbons (Fsp3) is 0.333. The molecule has 2 heterocycles. The van der Waals surface area contributed by atoms with Gasteiger partial charge in [0, 0.05) is 18.0 Å². The number of hydrogen-bond acceptors (Lipinski definition) is 4. The molecule has 0 aliphatic heterocycles. The molecule has 0 unspecified atom stereocenters. The Labute approximate surface area is 119 Å². The molecule has 0 bridgehead atoms. The van der Waals surface area contributed by atoms with Gasteiger partial charge in [-0.2, -0.15) is 11.3 Å². The van der Waals surface area contributed by atoms with Crippen LogP contribution in [-0.2, 0) is 6.42 Å². The first-order valence-electron chi connectivity index (χ1n) is 5.53. The number of thiophene rings is 1. The Balaban J connectivity index is 2.50. The molecule has 0 aromatic carbocycles. The lowest BCUT2D eigenvalue weighted by Crippen LogP contribution is -2.05. The van der Waals surface area contributed by atoms with Crippen LogP contribution in [0.25, 0.3) is 11.4 Å². The van der Waals surface area contributed by atoms with Crippen molar-refractivity contribution in [3.05, 3.63) is 26.1 Å². The Kier molecular flexibility index (Phi) is 4.33. The van der Waals surface area contributed by atoms with Crippen molar-refractivity contribution < 1.29 is 0 Å². The SMILES string of the molecule is CCCc1nc(-c2ccsc2)nc(NC)c1I. The van der Waals surface area contributed by atoms with Crippen LogP contribution >= 0.6 is 33.9 Å². The van der Waals surface area contributed by atoms with Gasteiger partial charge in [0.15, 0.2) is 5.82 Å². The Bertz CT molecular complexity index is 497. The van der Waals surface area contributed by atoms with Crippen LogP contribution < -0.4 is 5.32 Å². The highest BCUT2D eigenvalue weighted by Crippen LogP contribution is 2.25. The van der Waals surface area contributed by atoms with Crippen molar-refractivity contribution in [2.45, 2.75) is 19.8 Å². The topological polar surface area (TPSA) is 37.8 Å². The Morgan fingerprint density at radius 1 is 1.41 bits per heavy atom. The van der Waals surface area contributed by atoms with E-state index >= 15 is 0 Å². The Morgan fingerprint density at radius 2 is 2.24 bits per heavy atom. The van der Waals surface area contributed by atoms with Gasteiger partial charge in [-0.3, -0.25) is 0 Å². The van der Waals surface area contributed by atoms with E-state index in [1.54, 1.807) is 11.3 Å². The standard InChI is InChI=1S/C12H14IN3S/c1-3-4-9-10(13)12(14-2)16-11(15-9)8-5-6-17-7-8/h5-7H,3-4H2,1-2H3,(H,14,15,16). The highest BCUT2D eigenvalue weighted by molar-refractivity contribution is 14.1. The van der Waals surface area contributed by atoms with Crippen molar-refractivity contribution in [3.63, 3.8) is 0 Å². The molecule has 5 heteroatoms. The largest absolute Gasteiger partial charge is 0.372 e. The molecule has 0 amide bonds. The lowest BCUT2D eigenvalue weighted by atomic mass is 10.2. The predicted octanol–water partition coefficient (Wildman–Crippen LogP) is 3.80. The monoisotopic (exact) mass is 359 g/mol. The molecule has 0 aliphatic carbocycles. The minimum Gasteiger partial charge on any atom is -0.372 e. The molecule has 2 rings (SSSR count).